The highest BCUT2D eigenvalue weighted by molar-refractivity contribution is 7.98. The summed E-state index contributed by atoms with van der Waals surface area (Å²) in [5.41, 5.74) is 1.06. The first-order chi connectivity index (χ1) is 11.0. The van der Waals surface area contributed by atoms with Gasteiger partial charge in [-0.1, -0.05) is 37.2 Å². The number of rotatable bonds is 7. The van der Waals surface area contributed by atoms with E-state index in [0.29, 0.717) is 22.9 Å². The summed E-state index contributed by atoms with van der Waals surface area (Å²) in [6.45, 7) is 1.69. The Hall–Kier alpha value is -2.15. The van der Waals surface area contributed by atoms with Crippen LogP contribution >= 0.6 is 11.8 Å². The number of benzene rings is 1. The number of hydrogen-bond donors (Lipinski definition) is 1. The molecule has 1 heterocycles. The SMILES string of the molecule is CCCc1cn(CC(=O)O)c(SCc2ccc(F)cc2)nc1=O. The summed E-state index contributed by atoms with van der Waals surface area (Å²) in [6.07, 6.45) is 2.92. The van der Waals surface area contributed by atoms with Crippen LogP contribution in [-0.4, -0.2) is 20.6 Å². The lowest BCUT2D eigenvalue weighted by molar-refractivity contribution is -0.137. The average molecular weight is 336 g/mol. The highest BCUT2D eigenvalue weighted by atomic mass is 32.2. The van der Waals surface area contributed by atoms with Crippen LogP contribution in [0.25, 0.3) is 0 Å². The molecular weight excluding hydrogens is 319 g/mol. The molecule has 1 N–H and O–H groups in total. The molecule has 0 saturated heterocycles. The second kappa shape index (κ2) is 7.92. The molecule has 2 aromatic rings. The molecule has 0 saturated carbocycles. The molecule has 0 spiro atoms. The van der Waals surface area contributed by atoms with Crippen molar-refractivity contribution in [2.75, 3.05) is 0 Å². The van der Waals surface area contributed by atoms with Gasteiger partial charge in [-0.15, -0.1) is 0 Å². The first kappa shape index (κ1) is 17.2. The molecule has 0 unspecified atom stereocenters. The van der Waals surface area contributed by atoms with Crippen molar-refractivity contribution in [3.8, 4) is 0 Å². The third-order valence-electron chi connectivity index (χ3n) is 3.14. The summed E-state index contributed by atoms with van der Waals surface area (Å²) in [6, 6.07) is 6.01. The molecule has 0 amide bonds. The fourth-order valence-corrected chi connectivity index (χ4v) is 2.98. The minimum Gasteiger partial charge on any atom is -0.480 e. The van der Waals surface area contributed by atoms with E-state index in [1.54, 1.807) is 18.3 Å². The zero-order valence-corrected chi connectivity index (χ0v) is 13.5. The first-order valence-corrected chi connectivity index (χ1v) is 8.17. The van der Waals surface area contributed by atoms with Crippen molar-refractivity contribution < 1.29 is 14.3 Å². The summed E-state index contributed by atoms with van der Waals surface area (Å²) in [5.74, 6) is -0.843. The van der Waals surface area contributed by atoms with Crippen molar-refractivity contribution in [2.24, 2.45) is 0 Å². The molecular formula is C16H17FN2O3S. The molecule has 0 bridgehead atoms. The normalized spacial score (nSPS) is 10.7. The molecule has 122 valence electrons. The maximum Gasteiger partial charge on any atom is 0.323 e. The molecule has 1 aromatic carbocycles. The Bertz CT molecular complexity index is 744. The topological polar surface area (TPSA) is 72.2 Å². The van der Waals surface area contributed by atoms with Crippen molar-refractivity contribution in [1.82, 2.24) is 9.55 Å². The van der Waals surface area contributed by atoms with Gasteiger partial charge in [0.05, 0.1) is 0 Å². The number of aryl methyl sites for hydroxylation is 1. The van der Waals surface area contributed by atoms with Crippen LogP contribution in [0.2, 0.25) is 0 Å². The summed E-state index contributed by atoms with van der Waals surface area (Å²) in [5, 5.41) is 9.37. The van der Waals surface area contributed by atoms with Gasteiger partial charge in [0.1, 0.15) is 12.4 Å². The number of aliphatic carboxylic acids is 1. The maximum atomic E-state index is 12.9. The second-order valence-corrected chi connectivity index (χ2v) is 5.98. The Morgan fingerprint density at radius 2 is 2.04 bits per heavy atom. The zero-order chi connectivity index (χ0) is 16.8. The van der Waals surface area contributed by atoms with Gasteiger partial charge >= 0.3 is 5.97 Å². The van der Waals surface area contributed by atoms with Crippen LogP contribution in [-0.2, 0) is 23.5 Å². The van der Waals surface area contributed by atoms with E-state index in [1.807, 2.05) is 6.92 Å². The van der Waals surface area contributed by atoms with Gasteiger partial charge in [0.15, 0.2) is 5.16 Å². The Morgan fingerprint density at radius 1 is 1.35 bits per heavy atom. The molecule has 0 atom stereocenters. The number of thioether (sulfide) groups is 1. The van der Waals surface area contributed by atoms with Gasteiger partial charge in [-0.25, -0.2) is 4.39 Å². The standard InChI is InChI=1S/C16H17FN2O3S/c1-2-3-12-8-19(9-14(20)21)16(18-15(12)22)23-10-11-4-6-13(17)7-5-11/h4-8H,2-3,9-10H2,1H3,(H,20,21). The number of aromatic nitrogens is 2. The van der Waals surface area contributed by atoms with Gasteiger partial charge in [-0.3, -0.25) is 9.59 Å². The van der Waals surface area contributed by atoms with E-state index < -0.39 is 5.97 Å². The van der Waals surface area contributed by atoms with Gasteiger partial charge in [-0.05, 0) is 24.1 Å². The fraction of sp³-hybridized carbons (Fsp3) is 0.312. The van der Waals surface area contributed by atoms with Crippen LogP contribution in [0.1, 0.15) is 24.5 Å². The molecule has 0 aliphatic rings. The lowest BCUT2D eigenvalue weighted by Crippen LogP contribution is -2.21. The minimum atomic E-state index is -0.999. The lowest BCUT2D eigenvalue weighted by atomic mass is 10.2. The van der Waals surface area contributed by atoms with E-state index in [4.69, 9.17) is 5.11 Å². The van der Waals surface area contributed by atoms with E-state index in [9.17, 15) is 14.0 Å². The summed E-state index contributed by atoms with van der Waals surface area (Å²) in [4.78, 5) is 27.0. The number of nitrogens with zero attached hydrogens (tertiary/aromatic N) is 2. The average Bonchev–Trinajstić information content (AvgIpc) is 2.50. The van der Waals surface area contributed by atoms with Crippen LogP contribution in [0.3, 0.4) is 0 Å². The molecule has 0 fully saturated rings. The molecule has 7 heteroatoms. The predicted molar refractivity (Wildman–Crippen MR) is 86.1 cm³/mol. The van der Waals surface area contributed by atoms with E-state index in [1.165, 1.54) is 28.5 Å². The van der Waals surface area contributed by atoms with Crippen LogP contribution < -0.4 is 5.56 Å². The van der Waals surface area contributed by atoms with E-state index in [0.717, 1.165) is 12.0 Å². The quantitative estimate of drug-likeness (QED) is 0.622. The molecule has 0 radical (unpaired) electrons. The van der Waals surface area contributed by atoms with Gasteiger partial charge in [-0.2, -0.15) is 4.98 Å². The van der Waals surface area contributed by atoms with Crippen LogP contribution in [0.4, 0.5) is 4.39 Å². The Morgan fingerprint density at radius 3 is 2.65 bits per heavy atom. The van der Waals surface area contributed by atoms with Gasteiger partial charge < -0.3 is 9.67 Å². The van der Waals surface area contributed by atoms with Crippen molar-refractivity contribution in [1.29, 1.82) is 0 Å². The Labute approximate surface area is 137 Å². The second-order valence-electron chi connectivity index (χ2n) is 5.04. The van der Waals surface area contributed by atoms with Gasteiger partial charge in [0, 0.05) is 17.5 Å². The monoisotopic (exact) mass is 336 g/mol. The number of carboxylic acids is 1. The Kier molecular flexibility index (Phi) is 5.92. The molecule has 23 heavy (non-hydrogen) atoms. The van der Waals surface area contributed by atoms with E-state index in [-0.39, 0.29) is 17.9 Å². The van der Waals surface area contributed by atoms with Crippen molar-refractivity contribution in [3.63, 3.8) is 0 Å². The predicted octanol–water partition coefficient (Wildman–Crippen LogP) is 2.71. The minimum absolute atomic E-state index is 0.254. The molecule has 5 nitrogen and oxygen atoms in total. The van der Waals surface area contributed by atoms with E-state index >= 15 is 0 Å². The van der Waals surface area contributed by atoms with Crippen molar-refractivity contribution in [3.05, 3.63) is 57.8 Å². The molecule has 0 aliphatic carbocycles. The summed E-state index contributed by atoms with van der Waals surface area (Å²) in [7, 11) is 0. The number of hydrogen-bond acceptors (Lipinski definition) is 4. The van der Waals surface area contributed by atoms with Crippen LogP contribution in [0.5, 0.6) is 0 Å². The fourth-order valence-electron chi connectivity index (χ4n) is 2.06. The first-order valence-electron chi connectivity index (χ1n) is 7.19. The summed E-state index contributed by atoms with van der Waals surface area (Å²) < 4.78 is 14.4. The number of carboxylic acid groups (broad SMARTS) is 1. The number of carbonyl (C=O) groups is 1. The third-order valence-corrected chi connectivity index (χ3v) is 4.20. The zero-order valence-electron chi connectivity index (χ0n) is 12.7. The number of halogens is 1. The molecule has 2 rings (SSSR count). The lowest BCUT2D eigenvalue weighted by Gasteiger charge is -2.11. The van der Waals surface area contributed by atoms with Crippen LogP contribution in [0.15, 0.2) is 40.4 Å². The van der Waals surface area contributed by atoms with Crippen LogP contribution in [0, 0.1) is 5.82 Å². The smallest absolute Gasteiger partial charge is 0.323 e. The summed E-state index contributed by atoms with van der Waals surface area (Å²) >= 11 is 1.26. The molecule has 1 aromatic heterocycles. The highest BCUT2D eigenvalue weighted by Crippen LogP contribution is 2.20. The molecule has 0 aliphatic heterocycles. The third kappa shape index (κ3) is 4.92. The van der Waals surface area contributed by atoms with Crippen molar-refractivity contribution >= 4 is 17.7 Å². The van der Waals surface area contributed by atoms with Gasteiger partial charge in [0.25, 0.3) is 5.56 Å². The van der Waals surface area contributed by atoms with Gasteiger partial charge in [0.2, 0.25) is 0 Å². The largest absolute Gasteiger partial charge is 0.480 e. The Balaban J connectivity index is 2.24. The van der Waals surface area contributed by atoms with Crippen molar-refractivity contribution in [2.45, 2.75) is 37.2 Å². The highest BCUT2D eigenvalue weighted by Gasteiger charge is 2.11. The van der Waals surface area contributed by atoms with E-state index in [2.05, 4.69) is 4.98 Å². The maximum absolute atomic E-state index is 12.9.